The molecule has 0 aliphatic carbocycles. The molecule has 0 spiro atoms. The van der Waals surface area contributed by atoms with Crippen LogP contribution in [0.15, 0.2) is 4.99 Å². The maximum absolute atomic E-state index is 11.9. The molecule has 1 rings (SSSR count). The Hall–Kier alpha value is -1.39. The second-order valence-electron chi connectivity index (χ2n) is 6.96. The molecule has 0 saturated carbocycles. The molecule has 10 heteroatoms. The van der Waals surface area contributed by atoms with Crippen molar-refractivity contribution in [3.8, 4) is 0 Å². The number of aliphatic imine (C=N–C) groups is 1. The monoisotopic (exact) mass is 405 g/mol. The van der Waals surface area contributed by atoms with Crippen molar-refractivity contribution >= 4 is 21.7 Å². The van der Waals surface area contributed by atoms with Gasteiger partial charge in [-0.15, -0.1) is 0 Å². The van der Waals surface area contributed by atoms with E-state index < -0.39 is 9.84 Å². The standard InChI is InChI=1S/C17H35N5O4S/c1-5-18-17(19-6-11-26-12-13-27(4,24)25)22-9-7-21(8-10-22)14-16(23)20-15(2)3/h15H,5-14H2,1-4H3,(H,18,19)(H,20,23). The highest BCUT2D eigenvalue weighted by molar-refractivity contribution is 7.90. The van der Waals surface area contributed by atoms with E-state index in [1.165, 1.54) is 6.26 Å². The number of guanidine groups is 1. The van der Waals surface area contributed by atoms with Gasteiger partial charge in [-0.1, -0.05) is 0 Å². The van der Waals surface area contributed by atoms with Gasteiger partial charge in [-0.25, -0.2) is 8.42 Å². The first kappa shape index (κ1) is 23.6. The average molecular weight is 406 g/mol. The Morgan fingerprint density at radius 2 is 1.85 bits per heavy atom. The zero-order valence-corrected chi connectivity index (χ0v) is 17.8. The number of nitrogens with zero attached hydrogens (tertiary/aromatic N) is 3. The quantitative estimate of drug-likeness (QED) is 0.277. The van der Waals surface area contributed by atoms with Crippen molar-refractivity contribution in [3.63, 3.8) is 0 Å². The van der Waals surface area contributed by atoms with E-state index >= 15 is 0 Å². The summed E-state index contributed by atoms with van der Waals surface area (Å²) in [4.78, 5) is 20.8. The molecule has 0 atom stereocenters. The van der Waals surface area contributed by atoms with Gasteiger partial charge in [0.1, 0.15) is 9.84 Å². The number of carbonyl (C=O) groups excluding carboxylic acids is 1. The van der Waals surface area contributed by atoms with Crippen molar-refractivity contribution < 1.29 is 17.9 Å². The van der Waals surface area contributed by atoms with Crippen LogP contribution in [-0.4, -0.2) is 107 Å². The Balaban J connectivity index is 2.37. The Kier molecular flexibility index (Phi) is 10.6. The molecule has 1 heterocycles. The molecule has 0 radical (unpaired) electrons. The van der Waals surface area contributed by atoms with E-state index in [2.05, 4.69) is 25.4 Å². The third-order valence-corrected chi connectivity index (χ3v) is 4.83. The molecule has 1 amide bonds. The minimum absolute atomic E-state index is 0.0309. The second-order valence-corrected chi connectivity index (χ2v) is 9.22. The third-order valence-electron chi connectivity index (χ3n) is 3.92. The molecule has 27 heavy (non-hydrogen) atoms. The van der Waals surface area contributed by atoms with E-state index in [1.807, 2.05) is 20.8 Å². The van der Waals surface area contributed by atoms with Gasteiger partial charge in [0.15, 0.2) is 5.96 Å². The van der Waals surface area contributed by atoms with Crippen molar-refractivity contribution in [2.24, 2.45) is 4.99 Å². The van der Waals surface area contributed by atoms with Gasteiger partial charge in [0, 0.05) is 45.0 Å². The molecule has 0 aromatic heterocycles. The van der Waals surface area contributed by atoms with Crippen LogP contribution in [0.2, 0.25) is 0 Å². The lowest BCUT2D eigenvalue weighted by Gasteiger charge is -2.36. The van der Waals surface area contributed by atoms with Gasteiger partial charge in [-0.3, -0.25) is 14.7 Å². The Morgan fingerprint density at radius 3 is 2.41 bits per heavy atom. The number of rotatable bonds is 10. The fraction of sp³-hybridized carbons (Fsp3) is 0.882. The molecule has 0 aromatic rings. The number of amides is 1. The lowest BCUT2D eigenvalue weighted by Crippen LogP contribution is -2.54. The molecule has 0 aromatic carbocycles. The van der Waals surface area contributed by atoms with E-state index in [0.29, 0.717) is 19.7 Å². The minimum Gasteiger partial charge on any atom is -0.378 e. The molecule has 2 N–H and O–H groups in total. The van der Waals surface area contributed by atoms with Crippen LogP contribution in [0.25, 0.3) is 0 Å². The van der Waals surface area contributed by atoms with E-state index in [9.17, 15) is 13.2 Å². The number of ether oxygens (including phenoxy) is 1. The first-order valence-corrected chi connectivity index (χ1v) is 11.6. The molecule has 1 aliphatic heterocycles. The van der Waals surface area contributed by atoms with Gasteiger partial charge < -0.3 is 20.3 Å². The largest absolute Gasteiger partial charge is 0.378 e. The van der Waals surface area contributed by atoms with Crippen molar-refractivity contribution in [1.82, 2.24) is 20.4 Å². The third kappa shape index (κ3) is 11.1. The molecule has 158 valence electrons. The fourth-order valence-electron chi connectivity index (χ4n) is 2.64. The maximum Gasteiger partial charge on any atom is 0.234 e. The summed E-state index contributed by atoms with van der Waals surface area (Å²) in [6, 6.07) is 0.158. The van der Waals surface area contributed by atoms with Gasteiger partial charge in [-0.2, -0.15) is 0 Å². The van der Waals surface area contributed by atoms with Crippen LogP contribution in [0.5, 0.6) is 0 Å². The highest BCUT2D eigenvalue weighted by atomic mass is 32.2. The fourth-order valence-corrected chi connectivity index (χ4v) is 3.06. The predicted molar refractivity (Wildman–Crippen MR) is 108 cm³/mol. The zero-order valence-electron chi connectivity index (χ0n) is 17.0. The molecule has 1 aliphatic rings. The van der Waals surface area contributed by atoms with Crippen LogP contribution >= 0.6 is 0 Å². The molecular formula is C17H35N5O4S. The topological polar surface area (TPSA) is 103 Å². The molecular weight excluding hydrogens is 370 g/mol. The van der Waals surface area contributed by atoms with Gasteiger partial charge in [-0.05, 0) is 20.8 Å². The number of piperazine rings is 1. The maximum atomic E-state index is 11.9. The van der Waals surface area contributed by atoms with Crippen LogP contribution in [0, 0.1) is 0 Å². The smallest absolute Gasteiger partial charge is 0.234 e. The summed E-state index contributed by atoms with van der Waals surface area (Å²) >= 11 is 0. The van der Waals surface area contributed by atoms with Crippen molar-refractivity contribution in [2.75, 3.05) is 71.0 Å². The summed E-state index contributed by atoms with van der Waals surface area (Å²) in [7, 11) is -2.99. The normalized spacial score (nSPS) is 16.6. The summed E-state index contributed by atoms with van der Waals surface area (Å²) in [6.45, 7) is 11.4. The van der Waals surface area contributed by atoms with Gasteiger partial charge in [0.2, 0.25) is 5.91 Å². The van der Waals surface area contributed by atoms with E-state index in [1.54, 1.807) is 0 Å². The van der Waals surface area contributed by atoms with Crippen LogP contribution in [0.1, 0.15) is 20.8 Å². The van der Waals surface area contributed by atoms with Crippen molar-refractivity contribution in [2.45, 2.75) is 26.8 Å². The Labute approximate surface area is 163 Å². The van der Waals surface area contributed by atoms with Crippen LogP contribution < -0.4 is 10.6 Å². The molecule has 0 bridgehead atoms. The Bertz CT molecular complexity index is 572. The first-order valence-electron chi connectivity index (χ1n) is 9.51. The molecule has 1 fully saturated rings. The summed E-state index contributed by atoms with van der Waals surface area (Å²) < 4.78 is 27.4. The first-order chi connectivity index (χ1) is 12.7. The van der Waals surface area contributed by atoms with Gasteiger partial charge in [0.25, 0.3) is 0 Å². The zero-order chi connectivity index (χ0) is 20.3. The highest BCUT2D eigenvalue weighted by Gasteiger charge is 2.21. The van der Waals surface area contributed by atoms with E-state index in [4.69, 9.17) is 4.74 Å². The lowest BCUT2D eigenvalue weighted by molar-refractivity contribution is -0.123. The van der Waals surface area contributed by atoms with Crippen molar-refractivity contribution in [1.29, 1.82) is 0 Å². The minimum atomic E-state index is -2.99. The number of sulfone groups is 1. The second kappa shape index (κ2) is 12.1. The summed E-state index contributed by atoms with van der Waals surface area (Å²) in [5.74, 6) is 0.920. The molecule has 1 saturated heterocycles. The van der Waals surface area contributed by atoms with E-state index in [-0.39, 0.29) is 24.3 Å². The van der Waals surface area contributed by atoms with Gasteiger partial charge >= 0.3 is 0 Å². The SMILES string of the molecule is CCNC(=NCCOCCS(C)(=O)=O)N1CCN(CC(=O)NC(C)C)CC1. The van der Waals surface area contributed by atoms with Crippen LogP contribution in [0.3, 0.4) is 0 Å². The summed E-state index contributed by atoms with van der Waals surface area (Å²) in [6.07, 6.45) is 1.20. The van der Waals surface area contributed by atoms with Crippen molar-refractivity contribution in [3.05, 3.63) is 0 Å². The highest BCUT2D eigenvalue weighted by Crippen LogP contribution is 2.02. The number of nitrogens with one attached hydrogen (secondary N) is 2. The van der Waals surface area contributed by atoms with Crippen LogP contribution in [-0.2, 0) is 19.4 Å². The molecule has 0 unspecified atom stereocenters. The lowest BCUT2D eigenvalue weighted by atomic mass is 10.3. The summed E-state index contributed by atoms with van der Waals surface area (Å²) in [5, 5.41) is 6.19. The Morgan fingerprint density at radius 1 is 1.19 bits per heavy atom. The number of hydrogen-bond donors (Lipinski definition) is 2. The molecule has 9 nitrogen and oxygen atoms in total. The predicted octanol–water partition coefficient (Wildman–Crippen LogP) is -0.845. The number of hydrogen-bond acceptors (Lipinski definition) is 6. The van der Waals surface area contributed by atoms with E-state index in [0.717, 1.165) is 38.7 Å². The average Bonchev–Trinajstić information content (AvgIpc) is 2.56. The van der Waals surface area contributed by atoms with Gasteiger partial charge in [0.05, 0.1) is 32.1 Å². The van der Waals surface area contributed by atoms with Crippen LogP contribution in [0.4, 0.5) is 0 Å². The summed E-state index contributed by atoms with van der Waals surface area (Å²) in [5.41, 5.74) is 0. The number of carbonyl (C=O) groups is 1.